The topological polar surface area (TPSA) is 56.3 Å². The monoisotopic (exact) mass is 462 g/mol. The molecule has 0 amide bonds. The summed E-state index contributed by atoms with van der Waals surface area (Å²) < 4.78 is 0. The molecular weight excluding hydrogens is 420 g/mol. The lowest BCUT2D eigenvalue weighted by atomic mass is 10.0. The van der Waals surface area contributed by atoms with E-state index in [4.69, 9.17) is 9.97 Å². The second-order valence-electron chi connectivity index (χ2n) is 10.1. The average molecular weight is 463 g/mol. The first-order chi connectivity index (χ1) is 16.5. The molecule has 2 atom stereocenters. The Morgan fingerprint density at radius 3 is 2.47 bits per heavy atom. The van der Waals surface area contributed by atoms with E-state index in [2.05, 4.69) is 71.3 Å². The number of pyridine rings is 2. The minimum atomic E-state index is 0.441. The van der Waals surface area contributed by atoms with E-state index in [0.29, 0.717) is 18.0 Å². The van der Waals surface area contributed by atoms with E-state index in [9.17, 15) is 0 Å². The van der Waals surface area contributed by atoms with E-state index in [1.54, 1.807) is 0 Å². The zero-order valence-corrected chi connectivity index (χ0v) is 21.3. The van der Waals surface area contributed by atoms with Crippen LogP contribution in [0.3, 0.4) is 0 Å². The Morgan fingerprint density at radius 2 is 1.74 bits per heavy atom. The number of rotatable bonds is 9. The third kappa shape index (κ3) is 6.36. The minimum Gasteiger partial charge on any atom is -0.356 e. The maximum atomic E-state index is 5.04. The maximum Gasteiger partial charge on any atom is 0.129 e. The van der Waals surface area contributed by atoms with Gasteiger partial charge in [0.25, 0.3) is 0 Å². The van der Waals surface area contributed by atoms with E-state index in [0.717, 1.165) is 62.0 Å². The summed E-state index contributed by atoms with van der Waals surface area (Å²) in [4.78, 5) is 14.7. The molecule has 184 valence electrons. The summed E-state index contributed by atoms with van der Waals surface area (Å²) >= 11 is 0. The molecule has 2 aromatic rings. The summed E-state index contributed by atoms with van der Waals surface area (Å²) in [7, 11) is 2.07. The van der Waals surface area contributed by atoms with Gasteiger partial charge in [-0.1, -0.05) is 25.6 Å². The molecule has 0 radical (unpaired) electrons. The summed E-state index contributed by atoms with van der Waals surface area (Å²) in [5, 5.41) is 7.23. The van der Waals surface area contributed by atoms with Crippen LogP contribution in [-0.2, 0) is 0 Å². The predicted molar refractivity (Wildman–Crippen MR) is 144 cm³/mol. The predicted octanol–water partition coefficient (Wildman–Crippen LogP) is 4.45. The van der Waals surface area contributed by atoms with Crippen molar-refractivity contribution in [2.75, 3.05) is 49.6 Å². The van der Waals surface area contributed by atoms with Gasteiger partial charge in [0.2, 0.25) is 0 Å². The summed E-state index contributed by atoms with van der Waals surface area (Å²) in [6.07, 6.45) is 5.89. The van der Waals surface area contributed by atoms with Crippen LogP contribution in [0.1, 0.15) is 63.3 Å². The second kappa shape index (κ2) is 11.8. The number of anilines is 2. The highest BCUT2D eigenvalue weighted by atomic mass is 15.2. The highest BCUT2D eigenvalue weighted by molar-refractivity contribution is 5.59. The minimum absolute atomic E-state index is 0.441. The molecule has 1 unspecified atom stereocenters. The van der Waals surface area contributed by atoms with Crippen LogP contribution in [0.25, 0.3) is 5.57 Å². The third-order valence-corrected chi connectivity index (χ3v) is 7.42. The molecule has 34 heavy (non-hydrogen) atoms. The molecule has 2 N–H and O–H groups in total. The van der Waals surface area contributed by atoms with Crippen molar-refractivity contribution in [3.63, 3.8) is 0 Å². The second-order valence-corrected chi connectivity index (χ2v) is 10.1. The van der Waals surface area contributed by atoms with Crippen molar-refractivity contribution in [3.8, 4) is 0 Å². The summed E-state index contributed by atoms with van der Waals surface area (Å²) in [6, 6.07) is 13.9. The zero-order valence-electron chi connectivity index (χ0n) is 21.3. The molecule has 0 bridgehead atoms. The summed E-state index contributed by atoms with van der Waals surface area (Å²) in [6.45, 7) is 13.6. The van der Waals surface area contributed by atoms with E-state index in [1.807, 2.05) is 13.0 Å². The first kappa shape index (κ1) is 24.7. The van der Waals surface area contributed by atoms with Gasteiger partial charge in [-0.2, -0.15) is 0 Å². The number of piperidine rings is 2. The highest BCUT2D eigenvalue weighted by Gasteiger charge is 2.22. The van der Waals surface area contributed by atoms with E-state index < -0.39 is 0 Å². The molecule has 0 aliphatic carbocycles. The van der Waals surface area contributed by atoms with Crippen molar-refractivity contribution >= 4 is 17.2 Å². The van der Waals surface area contributed by atoms with E-state index >= 15 is 0 Å². The number of hydrogen-bond acceptors (Lipinski definition) is 6. The Bertz CT molecular complexity index is 936. The number of nitrogens with one attached hydrogen (secondary N) is 2. The summed E-state index contributed by atoms with van der Waals surface area (Å²) in [5.74, 6) is 2.65. The van der Waals surface area contributed by atoms with Gasteiger partial charge in [-0.3, -0.25) is 0 Å². The smallest absolute Gasteiger partial charge is 0.129 e. The molecule has 4 heterocycles. The van der Waals surface area contributed by atoms with Crippen molar-refractivity contribution in [2.24, 2.45) is 0 Å². The number of hydrogen-bond donors (Lipinski definition) is 2. The first-order valence-corrected chi connectivity index (χ1v) is 13.0. The zero-order chi connectivity index (χ0) is 23.9. The van der Waals surface area contributed by atoms with Gasteiger partial charge in [0, 0.05) is 44.0 Å². The molecule has 6 heteroatoms. The van der Waals surface area contributed by atoms with Gasteiger partial charge in [0.05, 0.1) is 5.69 Å². The van der Waals surface area contributed by atoms with E-state index in [-0.39, 0.29) is 0 Å². The van der Waals surface area contributed by atoms with Crippen LogP contribution in [0.5, 0.6) is 0 Å². The number of nitrogens with zero attached hydrogens (tertiary/aromatic N) is 4. The van der Waals surface area contributed by atoms with Crippen LogP contribution < -0.4 is 20.4 Å². The number of allylic oxidation sites excluding steroid dienone is 1. The Kier molecular flexibility index (Phi) is 8.57. The van der Waals surface area contributed by atoms with Crippen LogP contribution in [0, 0.1) is 0 Å². The Labute approximate surface area is 205 Å². The van der Waals surface area contributed by atoms with Crippen LogP contribution in [0.2, 0.25) is 0 Å². The molecule has 4 rings (SSSR count). The van der Waals surface area contributed by atoms with Gasteiger partial charge in [0.1, 0.15) is 11.6 Å². The van der Waals surface area contributed by atoms with Crippen molar-refractivity contribution in [2.45, 2.75) is 64.0 Å². The molecule has 0 saturated carbocycles. The van der Waals surface area contributed by atoms with Gasteiger partial charge in [-0.25, -0.2) is 9.97 Å². The van der Waals surface area contributed by atoms with Crippen LogP contribution in [0.15, 0.2) is 43.0 Å². The first-order valence-electron chi connectivity index (χ1n) is 13.0. The van der Waals surface area contributed by atoms with Crippen LogP contribution >= 0.6 is 0 Å². The molecule has 0 spiro atoms. The van der Waals surface area contributed by atoms with Gasteiger partial charge in [-0.15, -0.1) is 0 Å². The molecule has 6 nitrogen and oxygen atoms in total. The average Bonchev–Trinajstić information content (AvgIpc) is 2.89. The lowest BCUT2D eigenvalue weighted by Crippen LogP contribution is -2.46. The fourth-order valence-corrected chi connectivity index (χ4v) is 5.13. The quantitative estimate of drug-likeness (QED) is 0.574. The molecule has 2 fully saturated rings. The fourth-order valence-electron chi connectivity index (χ4n) is 5.13. The fraction of sp³-hybridized carbons (Fsp3) is 0.571. The molecule has 2 aromatic heterocycles. The van der Waals surface area contributed by atoms with Gasteiger partial charge >= 0.3 is 0 Å². The van der Waals surface area contributed by atoms with Crippen LogP contribution in [0.4, 0.5) is 11.6 Å². The largest absolute Gasteiger partial charge is 0.356 e. The van der Waals surface area contributed by atoms with Gasteiger partial charge in [0.15, 0.2) is 0 Å². The molecule has 2 aliphatic heterocycles. The lowest BCUT2D eigenvalue weighted by molar-refractivity contribution is 0.412. The van der Waals surface area contributed by atoms with Crippen molar-refractivity contribution in [3.05, 3.63) is 54.4 Å². The van der Waals surface area contributed by atoms with Crippen molar-refractivity contribution in [1.82, 2.24) is 20.6 Å². The van der Waals surface area contributed by atoms with Crippen molar-refractivity contribution < 1.29 is 0 Å². The van der Waals surface area contributed by atoms with Crippen LogP contribution in [-0.4, -0.2) is 61.8 Å². The standard InChI is InChI=1S/C28H42N6/c1-21(2)25-9-5-12-28(31-25)34-17-7-8-24(20-34)30-16-13-22(3)26-10-6-11-27(32-26)33-18-14-23(29-4)15-19-33/h5-6,9-12,22-24,29-30H,1,7-8,13-20H2,2-4H3/t22?,24-/m0/s1. The molecular formula is C28H42N6. The maximum absolute atomic E-state index is 5.04. The molecule has 0 aromatic carbocycles. The van der Waals surface area contributed by atoms with Crippen molar-refractivity contribution in [1.29, 1.82) is 0 Å². The van der Waals surface area contributed by atoms with E-state index in [1.165, 1.54) is 31.4 Å². The Balaban J connectivity index is 1.26. The van der Waals surface area contributed by atoms with Gasteiger partial charge < -0.3 is 20.4 Å². The SMILES string of the molecule is C=C(C)c1cccc(N2CCC[C@H](NCCC(C)c3cccc(N4CCC(NC)CC4)n3)C2)n1. The Morgan fingerprint density at radius 1 is 1.00 bits per heavy atom. The Hall–Kier alpha value is -2.44. The number of aromatic nitrogens is 2. The van der Waals surface area contributed by atoms with Gasteiger partial charge in [-0.05, 0) is 88.4 Å². The molecule has 2 saturated heterocycles. The highest BCUT2D eigenvalue weighted by Crippen LogP contribution is 2.24. The summed E-state index contributed by atoms with van der Waals surface area (Å²) in [5.41, 5.74) is 3.21. The third-order valence-electron chi connectivity index (χ3n) is 7.42. The normalized spacial score (nSPS) is 20.4. The lowest BCUT2D eigenvalue weighted by Gasteiger charge is -2.34. The molecule has 2 aliphatic rings.